The maximum Gasteiger partial charge on any atom is 0.137 e. The topological polar surface area (TPSA) is 54.7 Å². The van der Waals surface area contributed by atoms with Crippen LogP contribution in [0.5, 0.6) is 11.5 Å². The van der Waals surface area contributed by atoms with Crippen LogP contribution in [0.3, 0.4) is 0 Å². The van der Waals surface area contributed by atoms with E-state index >= 15 is 0 Å². The molecule has 0 radical (unpaired) electrons. The van der Waals surface area contributed by atoms with Gasteiger partial charge in [0.15, 0.2) is 0 Å². The molecule has 0 atom stereocenters. The molecule has 7 nitrogen and oxygen atoms in total. The van der Waals surface area contributed by atoms with E-state index in [4.69, 9.17) is 9.72 Å². The Labute approximate surface area is 402 Å². The lowest BCUT2D eigenvalue weighted by Crippen LogP contribution is -2.05. The van der Waals surface area contributed by atoms with Gasteiger partial charge in [0.25, 0.3) is 0 Å². The molecule has 14 rings (SSSR count). The molecular formula is C63H42N6O. The Kier molecular flexibility index (Phi) is 8.97. The summed E-state index contributed by atoms with van der Waals surface area (Å²) in [6, 6.07) is 77.2. The zero-order chi connectivity index (χ0) is 46.3. The number of ether oxygens (including phenoxy) is 1. The first kappa shape index (κ1) is 39.7. The van der Waals surface area contributed by atoms with E-state index in [0.29, 0.717) is 0 Å². The van der Waals surface area contributed by atoms with Gasteiger partial charge in [0.2, 0.25) is 0 Å². The van der Waals surface area contributed by atoms with E-state index in [1.54, 1.807) is 0 Å². The van der Waals surface area contributed by atoms with Crippen LogP contribution < -0.4 is 4.74 Å². The molecule has 0 fully saturated rings. The summed E-state index contributed by atoms with van der Waals surface area (Å²) < 4.78 is 15.7. The van der Waals surface area contributed by atoms with E-state index in [9.17, 15) is 0 Å². The first-order valence-electron chi connectivity index (χ1n) is 23.6. The van der Waals surface area contributed by atoms with Crippen molar-refractivity contribution in [3.05, 3.63) is 243 Å². The van der Waals surface area contributed by atoms with Gasteiger partial charge in [-0.1, -0.05) is 133 Å². The fraction of sp³-hybridized carbons (Fsp3) is 0.0159. The highest BCUT2D eigenvalue weighted by molar-refractivity contribution is 6.12. The van der Waals surface area contributed by atoms with Gasteiger partial charge in [-0.3, -0.25) is 4.57 Å². The van der Waals surface area contributed by atoms with Crippen LogP contribution in [-0.4, -0.2) is 28.5 Å². The summed E-state index contributed by atoms with van der Waals surface area (Å²) in [4.78, 5) is 5.43. The molecule has 0 aliphatic rings. The summed E-state index contributed by atoms with van der Waals surface area (Å²) >= 11 is 0. The first-order chi connectivity index (χ1) is 34.6. The van der Waals surface area contributed by atoms with E-state index in [1.165, 1.54) is 21.5 Å². The van der Waals surface area contributed by atoms with Gasteiger partial charge in [-0.05, 0) is 90.8 Å². The number of fused-ring (bicyclic) bond motifs is 9. The zero-order valence-electron chi connectivity index (χ0n) is 38.1. The highest BCUT2D eigenvalue weighted by Crippen LogP contribution is 2.44. The van der Waals surface area contributed by atoms with Crippen molar-refractivity contribution >= 4 is 65.4 Å². The number of rotatable bonds is 8. The fourth-order valence-corrected chi connectivity index (χ4v) is 10.8. The molecule has 330 valence electrons. The van der Waals surface area contributed by atoms with Crippen LogP contribution in [0.1, 0.15) is 5.56 Å². The third kappa shape index (κ3) is 6.22. The molecule has 0 spiro atoms. The molecule has 0 amide bonds. The van der Waals surface area contributed by atoms with Crippen molar-refractivity contribution in [1.82, 2.24) is 28.5 Å². The predicted octanol–water partition coefficient (Wildman–Crippen LogP) is 16.0. The molecule has 7 heteroatoms. The summed E-state index contributed by atoms with van der Waals surface area (Å²) in [5.74, 6) is 2.27. The van der Waals surface area contributed by atoms with Crippen LogP contribution in [0.4, 0.5) is 0 Å². The summed E-state index contributed by atoms with van der Waals surface area (Å²) in [7, 11) is 0. The molecule has 0 saturated carbocycles. The van der Waals surface area contributed by atoms with Crippen LogP contribution in [0.15, 0.2) is 237 Å². The van der Waals surface area contributed by atoms with E-state index in [2.05, 4.69) is 208 Å². The molecule has 0 N–H and O–H groups in total. The SMILES string of the molecule is Cc1cc(-n2c3ccccc3c3ccc(Oc4cccc(-n5cc(-c6ccccc6)cn5)c4)cc32)ncc1-c1c(-n2c3ccccc3c3ccccc32)cccc1-n1c2ccccc2c2ccccc21. The molecule has 5 aromatic heterocycles. The molecule has 0 aliphatic heterocycles. The predicted molar refractivity (Wildman–Crippen MR) is 287 cm³/mol. The third-order valence-electron chi connectivity index (χ3n) is 13.9. The average Bonchev–Trinajstić information content (AvgIpc) is 4.20. The zero-order valence-corrected chi connectivity index (χ0v) is 38.1. The first-order valence-corrected chi connectivity index (χ1v) is 23.6. The summed E-state index contributed by atoms with van der Waals surface area (Å²) in [5, 5.41) is 11.8. The molecule has 5 heterocycles. The van der Waals surface area contributed by atoms with E-state index in [1.807, 2.05) is 59.5 Å². The minimum atomic E-state index is 0.718. The van der Waals surface area contributed by atoms with E-state index < -0.39 is 0 Å². The quantitative estimate of drug-likeness (QED) is 0.153. The maximum atomic E-state index is 6.67. The second kappa shape index (κ2) is 15.8. The van der Waals surface area contributed by atoms with Crippen LogP contribution in [-0.2, 0) is 0 Å². The fourth-order valence-electron chi connectivity index (χ4n) is 10.8. The Balaban J connectivity index is 0.930. The average molecular weight is 899 g/mol. The van der Waals surface area contributed by atoms with Gasteiger partial charge in [0.1, 0.15) is 17.3 Å². The lowest BCUT2D eigenvalue weighted by molar-refractivity contribution is 0.483. The summed E-state index contributed by atoms with van der Waals surface area (Å²) in [6.45, 7) is 2.22. The molecule has 9 aromatic carbocycles. The number of benzene rings is 9. The molecule has 70 heavy (non-hydrogen) atoms. The van der Waals surface area contributed by atoms with Gasteiger partial charge in [0.05, 0.1) is 56.4 Å². The van der Waals surface area contributed by atoms with E-state index in [-0.39, 0.29) is 0 Å². The van der Waals surface area contributed by atoms with Crippen molar-refractivity contribution < 1.29 is 4.74 Å². The lowest BCUT2D eigenvalue weighted by Gasteiger charge is -2.21. The number of aromatic nitrogens is 6. The van der Waals surface area contributed by atoms with Crippen molar-refractivity contribution in [1.29, 1.82) is 0 Å². The van der Waals surface area contributed by atoms with Gasteiger partial charge < -0.3 is 13.9 Å². The number of aryl methyl sites for hydroxylation is 1. The molecule has 0 bridgehead atoms. The number of pyridine rings is 1. The highest BCUT2D eigenvalue weighted by Gasteiger charge is 2.24. The highest BCUT2D eigenvalue weighted by atomic mass is 16.5. The minimum Gasteiger partial charge on any atom is -0.457 e. The van der Waals surface area contributed by atoms with Crippen molar-refractivity contribution in [3.8, 4) is 56.6 Å². The van der Waals surface area contributed by atoms with Crippen molar-refractivity contribution in [2.75, 3.05) is 0 Å². The number of hydrogen-bond acceptors (Lipinski definition) is 3. The van der Waals surface area contributed by atoms with Gasteiger partial charge in [0, 0.05) is 73.5 Å². The minimum absolute atomic E-state index is 0.718. The van der Waals surface area contributed by atoms with Crippen LogP contribution >= 0.6 is 0 Å². The van der Waals surface area contributed by atoms with Crippen LogP contribution in [0.2, 0.25) is 0 Å². The van der Waals surface area contributed by atoms with Gasteiger partial charge in [-0.2, -0.15) is 5.10 Å². The van der Waals surface area contributed by atoms with E-state index in [0.717, 1.165) is 106 Å². The monoisotopic (exact) mass is 898 g/mol. The van der Waals surface area contributed by atoms with Crippen molar-refractivity contribution in [3.63, 3.8) is 0 Å². The van der Waals surface area contributed by atoms with Gasteiger partial charge in [-0.25, -0.2) is 9.67 Å². The standard InChI is InChI=1S/C63H42N6O/c1-41-35-62(69-58-30-14-9-25-51(58)52-34-33-46(37-61(52)69)70-45-20-15-19-44(36-45)66-40-43(38-65-66)42-17-3-2-4-18-42)64-39-53(41)63-59(67-54-26-10-5-21-47(54)48-22-6-11-27-55(48)67)31-16-32-60(63)68-56-28-12-7-23-49(56)50-24-8-13-29-57(50)68/h2-40H,1H3. The molecule has 0 unspecified atom stereocenters. The second-order valence-electron chi connectivity index (χ2n) is 17.9. The Hall–Kier alpha value is -9.46. The molecule has 14 aromatic rings. The summed E-state index contributed by atoms with van der Waals surface area (Å²) in [5.41, 5.74) is 15.2. The Morgan fingerprint density at radius 3 is 1.46 bits per heavy atom. The van der Waals surface area contributed by atoms with Crippen LogP contribution in [0.25, 0.3) is 111 Å². The number of hydrogen-bond donors (Lipinski definition) is 0. The van der Waals surface area contributed by atoms with Crippen molar-refractivity contribution in [2.24, 2.45) is 0 Å². The number of nitrogens with zero attached hydrogens (tertiary/aromatic N) is 6. The Morgan fingerprint density at radius 2 is 0.886 bits per heavy atom. The lowest BCUT2D eigenvalue weighted by atomic mass is 9.98. The van der Waals surface area contributed by atoms with Gasteiger partial charge in [-0.15, -0.1) is 0 Å². The molecule has 0 aliphatic carbocycles. The maximum absolute atomic E-state index is 6.67. The number of para-hydroxylation sites is 5. The summed E-state index contributed by atoms with van der Waals surface area (Å²) in [6.07, 6.45) is 6.03. The second-order valence-corrected chi connectivity index (χ2v) is 17.9. The largest absolute Gasteiger partial charge is 0.457 e. The normalized spacial score (nSPS) is 11.8. The molecule has 0 saturated heterocycles. The van der Waals surface area contributed by atoms with Crippen molar-refractivity contribution in [2.45, 2.75) is 6.92 Å². The Bertz CT molecular complexity index is 4120. The molecular weight excluding hydrogens is 857 g/mol. The third-order valence-corrected chi connectivity index (χ3v) is 13.9. The smallest absolute Gasteiger partial charge is 0.137 e. The van der Waals surface area contributed by atoms with Gasteiger partial charge >= 0.3 is 0 Å². The van der Waals surface area contributed by atoms with Crippen LogP contribution in [0, 0.1) is 6.92 Å². The Morgan fingerprint density at radius 1 is 0.386 bits per heavy atom.